The van der Waals surface area contributed by atoms with E-state index in [1.807, 2.05) is 0 Å². The molecular weight excluding hydrogens is 180 g/mol. The lowest BCUT2D eigenvalue weighted by Gasteiger charge is -2.39. The second-order valence-electron chi connectivity index (χ2n) is 4.28. The summed E-state index contributed by atoms with van der Waals surface area (Å²) in [6.45, 7) is 4.74. The van der Waals surface area contributed by atoms with Crippen LogP contribution in [0.1, 0.15) is 32.1 Å². The molecule has 0 aromatic rings. The maximum Gasteiger partial charge on any atom is 0.0216 e. The van der Waals surface area contributed by atoms with Gasteiger partial charge in [0.05, 0.1) is 0 Å². The smallest absolute Gasteiger partial charge is 0.0216 e. The van der Waals surface area contributed by atoms with Gasteiger partial charge in [-0.2, -0.15) is 0 Å². The van der Waals surface area contributed by atoms with Gasteiger partial charge in [-0.15, -0.1) is 0 Å². The summed E-state index contributed by atoms with van der Waals surface area (Å²) >= 11 is 4.37. The highest BCUT2D eigenvalue weighted by Crippen LogP contribution is 2.23. The molecule has 0 aromatic heterocycles. The average molecular weight is 200 g/mol. The zero-order valence-electron chi connectivity index (χ0n) is 8.28. The Balaban J connectivity index is 1.79. The van der Waals surface area contributed by atoms with E-state index in [4.69, 9.17) is 0 Å². The molecule has 1 aliphatic carbocycles. The number of rotatable bonds is 1. The van der Waals surface area contributed by atoms with Crippen molar-refractivity contribution in [2.75, 3.05) is 26.2 Å². The molecule has 0 spiro atoms. The monoisotopic (exact) mass is 200 g/mol. The van der Waals surface area contributed by atoms with Gasteiger partial charge in [0.15, 0.2) is 0 Å². The van der Waals surface area contributed by atoms with Crippen molar-refractivity contribution in [2.45, 2.75) is 38.1 Å². The Labute approximate surface area is 86.8 Å². The molecule has 3 heteroatoms. The van der Waals surface area contributed by atoms with Crippen LogP contribution in [0.15, 0.2) is 0 Å². The largest absolute Gasteiger partial charge is 0.298 e. The fourth-order valence-electron chi connectivity index (χ4n) is 2.52. The number of hydrogen-bond donors (Lipinski definition) is 1. The predicted molar refractivity (Wildman–Crippen MR) is 59.0 cm³/mol. The Morgan fingerprint density at radius 2 is 1.46 bits per heavy atom. The quantitative estimate of drug-likeness (QED) is 0.645. The van der Waals surface area contributed by atoms with Crippen molar-refractivity contribution >= 4 is 12.8 Å². The summed E-state index contributed by atoms with van der Waals surface area (Å²) in [4.78, 5) is 2.67. The van der Waals surface area contributed by atoms with Crippen LogP contribution < -0.4 is 0 Å². The summed E-state index contributed by atoms with van der Waals surface area (Å²) < 4.78 is 2.14. The number of thiol groups is 1. The van der Waals surface area contributed by atoms with Crippen molar-refractivity contribution in [3.05, 3.63) is 0 Å². The first-order valence-corrected chi connectivity index (χ1v) is 5.94. The third-order valence-corrected chi connectivity index (χ3v) is 3.78. The van der Waals surface area contributed by atoms with Gasteiger partial charge >= 0.3 is 0 Å². The summed E-state index contributed by atoms with van der Waals surface area (Å²) in [5, 5.41) is 0. The van der Waals surface area contributed by atoms with Crippen molar-refractivity contribution in [2.24, 2.45) is 0 Å². The van der Waals surface area contributed by atoms with E-state index >= 15 is 0 Å². The fraction of sp³-hybridized carbons (Fsp3) is 1.00. The van der Waals surface area contributed by atoms with Gasteiger partial charge < -0.3 is 0 Å². The fourth-order valence-corrected chi connectivity index (χ4v) is 2.70. The van der Waals surface area contributed by atoms with Gasteiger partial charge in [-0.1, -0.05) is 32.1 Å². The molecule has 0 bridgehead atoms. The van der Waals surface area contributed by atoms with E-state index in [1.54, 1.807) is 0 Å². The molecule has 1 aliphatic heterocycles. The van der Waals surface area contributed by atoms with E-state index in [9.17, 15) is 0 Å². The Kier molecular flexibility index (Phi) is 3.52. The first-order valence-electron chi connectivity index (χ1n) is 5.54. The summed E-state index contributed by atoms with van der Waals surface area (Å²) in [5.41, 5.74) is 0. The maximum atomic E-state index is 4.37. The van der Waals surface area contributed by atoms with Crippen molar-refractivity contribution in [1.82, 2.24) is 9.21 Å². The van der Waals surface area contributed by atoms with E-state index in [1.165, 1.54) is 45.2 Å². The molecule has 0 amide bonds. The molecule has 0 aromatic carbocycles. The van der Waals surface area contributed by atoms with Crippen LogP contribution in [0, 0.1) is 0 Å². The average Bonchev–Trinajstić information content (AvgIpc) is 2.20. The van der Waals surface area contributed by atoms with E-state index in [0.717, 1.165) is 19.1 Å². The molecule has 0 radical (unpaired) electrons. The van der Waals surface area contributed by atoms with Crippen LogP contribution in [-0.4, -0.2) is 41.4 Å². The number of nitrogens with zero attached hydrogens (tertiary/aromatic N) is 2. The lowest BCUT2D eigenvalue weighted by atomic mass is 9.94. The van der Waals surface area contributed by atoms with Gasteiger partial charge in [0, 0.05) is 32.2 Å². The van der Waals surface area contributed by atoms with Crippen molar-refractivity contribution < 1.29 is 0 Å². The molecule has 76 valence electrons. The van der Waals surface area contributed by atoms with Crippen molar-refractivity contribution in [3.8, 4) is 0 Å². The molecule has 0 N–H and O–H groups in total. The van der Waals surface area contributed by atoms with Crippen LogP contribution in [0.4, 0.5) is 0 Å². The molecule has 2 nitrogen and oxygen atoms in total. The standard InChI is InChI=1S/C10H20N2S/c13-12-8-6-11(7-9-12)10-4-2-1-3-5-10/h10,13H,1-9H2. The maximum absolute atomic E-state index is 4.37. The molecule has 2 rings (SSSR count). The van der Waals surface area contributed by atoms with Gasteiger partial charge in [0.2, 0.25) is 0 Å². The van der Waals surface area contributed by atoms with Crippen LogP contribution >= 0.6 is 12.8 Å². The summed E-state index contributed by atoms with van der Waals surface area (Å²) in [6, 6.07) is 0.899. The van der Waals surface area contributed by atoms with Crippen LogP contribution in [0.5, 0.6) is 0 Å². The zero-order valence-corrected chi connectivity index (χ0v) is 9.18. The highest BCUT2D eigenvalue weighted by molar-refractivity contribution is 7.77. The van der Waals surface area contributed by atoms with Crippen LogP contribution in [0.25, 0.3) is 0 Å². The molecule has 2 aliphatic rings. The molecule has 13 heavy (non-hydrogen) atoms. The van der Waals surface area contributed by atoms with Gasteiger partial charge in [0.25, 0.3) is 0 Å². The number of piperazine rings is 1. The lowest BCUT2D eigenvalue weighted by molar-refractivity contribution is 0.116. The van der Waals surface area contributed by atoms with Gasteiger partial charge in [0.1, 0.15) is 0 Å². The Hall–Kier alpha value is 0.270. The lowest BCUT2D eigenvalue weighted by Crippen LogP contribution is -2.48. The second-order valence-corrected chi connectivity index (χ2v) is 4.85. The van der Waals surface area contributed by atoms with E-state index in [0.29, 0.717) is 0 Å². The predicted octanol–water partition coefficient (Wildman–Crippen LogP) is 1.78. The molecular formula is C10H20N2S. The SMILES string of the molecule is SN1CCN(C2CCCCC2)CC1. The number of hydrogen-bond acceptors (Lipinski definition) is 3. The molecule has 1 saturated heterocycles. The molecule has 1 saturated carbocycles. The molecule has 1 heterocycles. The van der Waals surface area contributed by atoms with Gasteiger partial charge in [-0.3, -0.25) is 9.21 Å². The summed E-state index contributed by atoms with van der Waals surface area (Å²) in [6.07, 6.45) is 7.24. The molecule has 0 atom stereocenters. The first kappa shape index (κ1) is 9.81. The zero-order chi connectivity index (χ0) is 9.10. The second kappa shape index (κ2) is 4.67. The molecule has 0 unspecified atom stereocenters. The highest BCUT2D eigenvalue weighted by atomic mass is 32.1. The highest BCUT2D eigenvalue weighted by Gasteiger charge is 2.23. The van der Waals surface area contributed by atoms with Crippen molar-refractivity contribution in [1.29, 1.82) is 0 Å². The first-order chi connectivity index (χ1) is 6.36. The van der Waals surface area contributed by atoms with Crippen LogP contribution in [0.2, 0.25) is 0 Å². The van der Waals surface area contributed by atoms with E-state index in [2.05, 4.69) is 22.0 Å². The Morgan fingerprint density at radius 1 is 0.846 bits per heavy atom. The summed E-state index contributed by atoms with van der Waals surface area (Å²) in [7, 11) is 0. The minimum absolute atomic E-state index is 0.899. The van der Waals surface area contributed by atoms with Crippen LogP contribution in [0.3, 0.4) is 0 Å². The normalized spacial score (nSPS) is 29.3. The summed E-state index contributed by atoms with van der Waals surface area (Å²) in [5.74, 6) is 0. The van der Waals surface area contributed by atoms with Gasteiger partial charge in [-0.25, -0.2) is 0 Å². The van der Waals surface area contributed by atoms with Crippen LogP contribution in [-0.2, 0) is 0 Å². The minimum Gasteiger partial charge on any atom is -0.298 e. The Morgan fingerprint density at radius 3 is 2.08 bits per heavy atom. The van der Waals surface area contributed by atoms with E-state index < -0.39 is 0 Å². The van der Waals surface area contributed by atoms with E-state index in [-0.39, 0.29) is 0 Å². The van der Waals surface area contributed by atoms with Crippen molar-refractivity contribution in [3.63, 3.8) is 0 Å². The Bertz CT molecular complexity index is 149. The van der Waals surface area contributed by atoms with Gasteiger partial charge in [-0.05, 0) is 12.8 Å². The minimum atomic E-state index is 0.899. The third kappa shape index (κ3) is 2.61. The topological polar surface area (TPSA) is 6.48 Å². The third-order valence-electron chi connectivity index (χ3n) is 3.38. The molecule has 2 fully saturated rings.